The number of anilines is 2. The van der Waals surface area contributed by atoms with Crippen LogP contribution in [-0.4, -0.2) is 210 Å². The van der Waals surface area contributed by atoms with Gasteiger partial charge in [0.1, 0.15) is 17.4 Å². The van der Waals surface area contributed by atoms with Crippen molar-refractivity contribution >= 4 is 34.9 Å². The van der Waals surface area contributed by atoms with Gasteiger partial charge in [0.15, 0.2) is 0 Å². The maximum atomic E-state index is 14.3. The summed E-state index contributed by atoms with van der Waals surface area (Å²) in [5.74, 6) is -0.400. The number of benzene rings is 2. The van der Waals surface area contributed by atoms with Crippen LogP contribution in [0.1, 0.15) is 160 Å². The molecule has 6 atom stereocenters. The highest BCUT2D eigenvalue weighted by atomic mass is 19.1. The fraction of sp³-hybridized carbons (Fsp3) is 0.639. The zero-order valence-corrected chi connectivity index (χ0v) is 56.2. The van der Waals surface area contributed by atoms with Crippen LogP contribution in [0, 0.1) is 11.6 Å². The Morgan fingerprint density at radius 3 is 1.42 bits per heavy atom. The minimum Gasteiger partial charge on any atom is -0.340 e. The third kappa shape index (κ3) is 17.5. The van der Waals surface area contributed by atoms with Crippen LogP contribution >= 0.6 is 0 Å². The number of H-pyrrole nitrogens is 2. The normalized spacial score (nSPS) is 23.9. The van der Waals surface area contributed by atoms with Crippen molar-refractivity contribution < 1.29 is 28.0 Å². The van der Waals surface area contributed by atoms with Gasteiger partial charge in [-0.25, -0.2) is 8.78 Å². The first-order chi connectivity index (χ1) is 44.0. The van der Waals surface area contributed by atoms with Crippen LogP contribution < -0.4 is 31.6 Å². The number of piperazine rings is 4. The first kappa shape index (κ1) is 68.8. The number of halogens is 2. The zero-order chi connectivity index (χ0) is 65.4. The maximum absolute atomic E-state index is 14.3. The summed E-state index contributed by atoms with van der Waals surface area (Å²) in [5.41, 5.74) is 4.56. The van der Waals surface area contributed by atoms with Gasteiger partial charge < -0.3 is 40.2 Å². The fourth-order valence-corrected chi connectivity index (χ4v) is 15.2. The molecule has 4 fully saturated rings. The molecule has 20 heteroatoms. The highest BCUT2D eigenvalue weighted by Gasteiger charge is 2.43. The molecule has 2 unspecified atom stereocenters. The molecule has 0 bridgehead atoms. The number of aromatic amines is 2. The maximum Gasteiger partial charge on any atom is 0.251 e. The topological polar surface area (TPSA) is 184 Å². The molecule has 0 spiro atoms. The highest BCUT2D eigenvalue weighted by Crippen LogP contribution is 2.41. The number of amides is 3. The largest absolute Gasteiger partial charge is 0.340 e. The van der Waals surface area contributed by atoms with Crippen molar-refractivity contribution in [3.05, 3.63) is 127 Å². The van der Waals surface area contributed by atoms with Crippen LogP contribution in [-0.2, 0) is 42.8 Å². The number of carbonyl (C=O) groups is 4. The summed E-state index contributed by atoms with van der Waals surface area (Å²) < 4.78 is 27.3. The third-order valence-corrected chi connectivity index (χ3v) is 20.7. The molecule has 4 saturated heterocycles. The minimum absolute atomic E-state index is 0.0125. The molecule has 18 nitrogen and oxygen atoms in total. The number of carbonyl (C=O) groups excluding carboxylic acids is 4. The summed E-state index contributed by atoms with van der Waals surface area (Å²) >= 11 is 0. The van der Waals surface area contributed by atoms with Gasteiger partial charge in [0.05, 0.1) is 24.5 Å². The number of ketones is 1. The van der Waals surface area contributed by atoms with Gasteiger partial charge in [-0.2, -0.15) is 0 Å². The number of Topliss-reactive ketones (excluding diaryl/α,β-unsaturated/α-hetero) is 1. The Morgan fingerprint density at radius 1 is 0.511 bits per heavy atom. The Labute approximate surface area is 544 Å². The summed E-state index contributed by atoms with van der Waals surface area (Å²) in [4.78, 5) is 106. The third-order valence-electron chi connectivity index (χ3n) is 20.7. The Hall–Kier alpha value is -6.00. The van der Waals surface area contributed by atoms with E-state index in [1.165, 1.54) is 56.4 Å². The Morgan fingerprint density at radius 2 is 0.957 bits per heavy atom. The fourth-order valence-electron chi connectivity index (χ4n) is 15.2. The predicted molar refractivity (Wildman–Crippen MR) is 360 cm³/mol. The molecule has 4 N–H and O–H groups in total. The van der Waals surface area contributed by atoms with Crippen molar-refractivity contribution in [2.75, 3.05) is 121 Å². The molecule has 0 saturated carbocycles. The van der Waals surface area contributed by atoms with Crippen LogP contribution in [0.3, 0.4) is 0 Å². The minimum atomic E-state index is -0.439. The lowest BCUT2D eigenvalue weighted by Gasteiger charge is -2.45. The molecule has 2 aromatic heterocycles. The molecule has 4 aromatic rings. The van der Waals surface area contributed by atoms with E-state index in [1.54, 1.807) is 24.3 Å². The first-order valence-electron chi connectivity index (χ1n) is 34.5. The van der Waals surface area contributed by atoms with Crippen molar-refractivity contribution in [1.82, 2.24) is 50.0 Å². The van der Waals surface area contributed by atoms with Crippen LogP contribution in [0.4, 0.5) is 20.2 Å². The number of rotatable bonds is 26. The standard InChI is InChI=1S/C72H104F2N12O6/c1-49-39-83(45-65(89)85-47-71(5,6)67-62(85)35-55(69(91)77-67)33-53-18-22-57(73)23-19-53)59(37-75-49)43-80-30-29-79(41-51(80)3)28-16-14-12-10-9-11-13-15-17-61(87)26-27-64(88)82-32-31-81(52(4)42-82)44-60-38-76-50(2)40-84(60)46-66(90)86-48-72(7,8)68-63(86)36-56(70(92)78-68)34-54-20-24-58(74)25-21-54/h18-25,35-36,49-52,59-60,75-76H,9-17,26-34,37-48H2,1-8H3,(H,77,91)(H,78,92)/t49-,50-,51?,52?,59-,60-/m1/s1. The van der Waals surface area contributed by atoms with E-state index in [4.69, 9.17) is 0 Å². The molecular weight excluding hydrogens is 1170 g/mol. The van der Waals surface area contributed by atoms with Crippen molar-refractivity contribution in [3.63, 3.8) is 0 Å². The highest BCUT2D eigenvalue weighted by molar-refractivity contribution is 5.98. The Bertz CT molecular complexity index is 3320. The molecule has 6 aliphatic rings. The van der Waals surface area contributed by atoms with E-state index in [0.29, 0.717) is 75.6 Å². The molecule has 6 aliphatic heterocycles. The number of hydrogen-bond donors (Lipinski definition) is 4. The van der Waals surface area contributed by atoms with Gasteiger partial charge in [0, 0.05) is 193 Å². The van der Waals surface area contributed by atoms with Gasteiger partial charge in [-0.3, -0.25) is 48.4 Å². The molecule has 0 radical (unpaired) electrons. The SMILES string of the molecule is CC1CN(CCCCCCCCCCC(=O)CCC(=O)N2CCN(C[C@H]3CN[C@H](C)CN3CC(=O)N3CC(C)(C)c4[nH]c(=O)c(Cc5ccc(F)cc5)cc43)C(C)C2)CCN1C[C@H]1CN[C@H](C)CN1CC(=O)N1CC(C)(C)c2[nH]c(=O)c(Cc3ccc(F)cc3)cc21. The molecule has 8 heterocycles. The average molecular weight is 1270 g/mol. The van der Waals surface area contributed by atoms with Crippen LogP contribution in [0.5, 0.6) is 0 Å². The average Bonchev–Trinajstić information content (AvgIpc) is 1.63. The van der Waals surface area contributed by atoms with E-state index in [1.807, 2.05) is 40.7 Å². The molecule has 10 rings (SSSR count). The summed E-state index contributed by atoms with van der Waals surface area (Å²) in [5, 5.41) is 7.31. The van der Waals surface area contributed by atoms with Gasteiger partial charge in [-0.1, -0.05) is 90.5 Å². The number of hydrogen-bond acceptors (Lipinski definition) is 13. The number of unbranched alkanes of at least 4 members (excludes halogenated alkanes) is 7. The lowest BCUT2D eigenvalue weighted by molar-refractivity contribution is -0.136. The van der Waals surface area contributed by atoms with Crippen molar-refractivity contribution in [1.29, 1.82) is 0 Å². The second-order valence-electron chi connectivity index (χ2n) is 29.3. The lowest BCUT2D eigenvalue weighted by Crippen LogP contribution is -2.63. The predicted octanol–water partition coefficient (Wildman–Crippen LogP) is 7.20. The van der Waals surface area contributed by atoms with E-state index in [-0.39, 0.29) is 89.4 Å². The van der Waals surface area contributed by atoms with Crippen LogP contribution in [0.15, 0.2) is 70.3 Å². The number of aromatic nitrogens is 2. The van der Waals surface area contributed by atoms with Crippen LogP contribution in [0.25, 0.3) is 0 Å². The second-order valence-corrected chi connectivity index (χ2v) is 29.3. The number of nitrogens with zero attached hydrogens (tertiary/aromatic N) is 8. The van der Waals surface area contributed by atoms with Crippen molar-refractivity contribution in [2.24, 2.45) is 0 Å². The molecule has 502 valence electrons. The second kappa shape index (κ2) is 30.6. The zero-order valence-electron chi connectivity index (χ0n) is 56.2. The monoisotopic (exact) mass is 1270 g/mol. The molecule has 92 heavy (non-hydrogen) atoms. The molecule has 0 aliphatic carbocycles. The Balaban J connectivity index is 0.574. The van der Waals surface area contributed by atoms with Gasteiger partial charge in [0.2, 0.25) is 17.7 Å². The molecule has 2 aromatic carbocycles. The smallest absolute Gasteiger partial charge is 0.251 e. The number of nitrogens with one attached hydrogen (secondary N) is 4. The summed E-state index contributed by atoms with van der Waals surface area (Å²) in [6, 6.07) is 17.3. The number of fused-ring (bicyclic) bond motifs is 2. The van der Waals surface area contributed by atoms with E-state index in [9.17, 15) is 37.5 Å². The molecular formula is C72H104F2N12O6. The lowest BCUT2D eigenvalue weighted by atomic mass is 9.91. The van der Waals surface area contributed by atoms with Crippen LogP contribution in [0.2, 0.25) is 0 Å². The molecule has 3 amide bonds. The summed E-state index contributed by atoms with van der Waals surface area (Å²) in [6.45, 7) is 29.4. The van der Waals surface area contributed by atoms with E-state index < -0.39 is 10.8 Å². The summed E-state index contributed by atoms with van der Waals surface area (Å²) in [6.07, 6.45) is 10.8. The van der Waals surface area contributed by atoms with E-state index >= 15 is 0 Å². The quantitative estimate of drug-likeness (QED) is 0.0464. The van der Waals surface area contributed by atoms with Gasteiger partial charge in [-0.05, 0) is 94.6 Å². The van der Waals surface area contributed by atoms with Gasteiger partial charge >= 0.3 is 0 Å². The van der Waals surface area contributed by atoms with E-state index in [2.05, 4.69) is 86.6 Å². The van der Waals surface area contributed by atoms with Gasteiger partial charge in [0.25, 0.3) is 11.1 Å². The van der Waals surface area contributed by atoms with Crippen molar-refractivity contribution in [3.8, 4) is 0 Å². The van der Waals surface area contributed by atoms with Gasteiger partial charge in [-0.15, -0.1) is 0 Å². The van der Waals surface area contributed by atoms with E-state index in [0.717, 1.165) is 125 Å². The Kier molecular flexibility index (Phi) is 22.9. The first-order valence-corrected chi connectivity index (χ1v) is 34.5. The summed E-state index contributed by atoms with van der Waals surface area (Å²) in [7, 11) is 0. The van der Waals surface area contributed by atoms with Crippen molar-refractivity contribution in [2.45, 2.75) is 186 Å². The number of pyridine rings is 2.